The molecule has 0 amide bonds. The van der Waals surface area contributed by atoms with E-state index in [9.17, 15) is 4.79 Å². The summed E-state index contributed by atoms with van der Waals surface area (Å²) >= 11 is 0. The SMILES string of the molecule is CC(=O)O.CC(C)(C)OC=O.N=C(N)CC1CCNCC1. The van der Waals surface area contributed by atoms with Gasteiger partial charge in [-0.2, -0.15) is 0 Å². The van der Waals surface area contributed by atoms with Crippen LogP contribution in [0.3, 0.4) is 0 Å². The molecule has 21 heavy (non-hydrogen) atoms. The van der Waals surface area contributed by atoms with Gasteiger partial charge in [-0.05, 0) is 52.6 Å². The highest BCUT2D eigenvalue weighted by Crippen LogP contribution is 2.14. The van der Waals surface area contributed by atoms with Crippen LogP contribution >= 0.6 is 0 Å². The molecule has 0 atom stereocenters. The lowest BCUT2D eigenvalue weighted by molar-refractivity contribution is -0.138. The fourth-order valence-electron chi connectivity index (χ4n) is 1.54. The zero-order valence-electron chi connectivity index (χ0n) is 13.4. The molecule has 7 heteroatoms. The van der Waals surface area contributed by atoms with Crippen molar-refractivity contribution in [3.8, 4) is 0 Å². The van der Waals surface area contributed by atoms with Crippen LogP contribution in [-0.2, 0) is 14.3 Å². The number of carboxylic acids is 1. The number of rotatable bonds is 3. The lowest BCUT2D eigenvalue weighted by atomic mass is 9.94. The Hall–Kier alpha value is -1.63. The number of amidine groups is 1. The van der Waals surface area contributed by atoms with Crippen LogP contribution in [0.15, 0.2) is 0 Å². The van der Waals surface area contributed by atoms with Gasteiger partial charge in [0.25, 0.3) is 12.4 Å². The van der Waals surface area contributed by atoms with Crippen LogP contribution in [0.25, 0.3) is 0 Å². The van der Waals surface area contributed by atoms with Crippen LogP contribution in [0.4, 0.5) is 0 Å². The fourth-order valence-corrected chi connectivity index (χ4v) is 1.54. The van der Waals surface area contributed by atoms with Crippen molar-refractivity contribution in [3.63, 3.8) is 0 Å². The number of carbonyl (C=O) groups excluding carboxylic acids is 1. The number of nitrogens with two attached hydrogens (primary N) is 1. The van der Waals surface area contributed by atoms with Crippen molar-refractivity contribution in [2.45, 2.75) is 52.6 Å². The number of carbonyl (C=O) groups is 2. The van der Waals surface area contributed by atoms with E-state index in [0.29, 0.717) is 18.2 Å². The molecule has 1 heterocycles. The molecule has 0 aromatic carbocycles. The molecule has 0 aromatic rings. The van der Waals surface area contributed by atoms with Crippen LogP contribution in [0.1, 0.15) is 47.0 Å². The summed E-state index contributed by atoms with van der Waals surface area (Å²) in [5, 5.41) is 17.8. The maximum absolute atomic E-state index is 9.60. The van der Waals surface area contributed by atoms with E-state index >= 15 is 0 Å². The monoisotopic (exact) mass is 303 g/mol. The first-order valence-corrected chi connectivity index (χ1v) is 6.93. The third-order valence-corrected chi connectivity index (χ3v) is 2.37. The average molecular weight is 303 g/mol. The Labute approximate surface area is 126 Å². The molecule has 1 aliphatic heterocycles. The highest BCUT2D eigenvalue weighted by atomic mass is 16.5. The summed E-state index contributed by atoms with van der Waals surface area (Å²) in [6.07, 6.45) is 3.15. The van der Waals surface area contributed by atoms with E-state index in [0.717, 1.165) is 26.4 Å². The number of carboxylic acid groups (broad SMARTS) is 1. The van der Waals surface area contributed by atoms with Gasteiger partial charge in [-0.15, -0.1) is 0 Å². The quantitative estimate of drug-likeness (QED) is 0.354. The summed E-state index contributed by atoms with van der Waals surface area (Å²) in [5.41, 5.74) is 4.97. The Kier molecular flexibility index (Phi) is 12.5. The first-order valence-electron chi connectivity index (χ1n) is 6.93. The number of hydrogen-bond donors (Lipinski definition) is 4. The predicted molar refractivity (Wildman–Crippen MR) is 82.3 cm³/mol. The Bertz CT molecular complexity index is 304. The standard InChI is InChI=1S/C7H15N3.C5H10O2.C2H4O2/c8-7(9)5-6-1-3-10-4-2-6;1-5(2,3)7-4-6;1-2(3)4/h6,10H,1-5H2,(H3,8,9);4H,1-3H3;1H3,(H,3,4). The van der Waals surface area contributed by atoms with E-state index in [2.05, 4.69) is 10.1 Å². The zero-order valence-corrected chi connectivity index (χ0v) is 13.4. The van der Waals surface area contributed by atoms with Crippen molar-refractivity contribution in [2.75, 3.05) is 13.1 Å². The van der Waals surface area contributed by atoms with Gasteiger partial charge in [0.2, 0.25) is 0 Å². The summed E-state index contributed by atoms with van der Waals surface area (Å²) in [5.74, 6) is 0.172. The highest BCUT2D eigenvalue weighted by molar-refractivity contribution is 5.77. The maximum atomic E-state index is 9.60. The maximum Gasteiger partial charge on any atom is 0.300 e. The average Bonchev–Trinajstić information content (AvgIpc) is 2.27. The number of hydrogen-bond acceptors (Lipinski definition) is 5. The Morgan fingerprint density at radius 1 is 1.43 bits per heavy atom. The van der Waals surface area contributed by atoms with Gasteiger partial charge in [0, 0.05) is 13.3 Å². The predicted octanol–water partition coefficient (Wildman–Crippen LogP) is 1.36. The number of ether oxygens (including phenoxy) is 1. The van der Waals surface area contributed by atoms with E-state index in [1.165, 1.54) is 12.8 Å². The molecule has 0 spiro atoms. The molecule has 0 unspecified atom stereocenters. The fraction of sp³-hybridized carbons (Fsp3) is 0.786. The van der Waals surface area contributed by atoms with E-state index in [4.69, 9.17) is 21.0 Å². The van der Waals surface area contributed by atoms with Gasteiger partial charge < -0.3 is 20.9 Å². The molecule has 0 bridgehead atoms. The molecule has 0 saturated carbocycles. The number of nitrogens with one attached hydrogen (secondary N) is 2. The second kappa shape index (κ2) is 12.1. The third kappa shape index (κ3) is 23.8. The Balaban J connectivity index is 0. The highest BCUT2D eigenvalue weighted by Gasteiger charge is 2.13. The molecule has 0 aromatic heterocycles. The second-order valence-electron chi connectivity index (χ2n) is 5.77. The molecule has 124 valence electrons. The third-order valence-electron chi connectivity index (χ3n) is 2.37. The molecule has 7 nitrogen and oxygen atoms in total. The van der Waals surface area contributed by atoms with Crippen molar-refractivity contribution in [1.29, 1.82) is 5.41 Å². The lowest BCUT2D eigenvalue weighted by Gasteiger charge is -2.21. The first-order chi connectivity index (χ1) is 9.58. The van der Waals surface area contributed by atoms with E-state index in [-0.39, 0.29) is 5.60 Å². The summed E-state index contributed by atoms with van der Waals surface area (Å²) in [7, 11) is 0. The van der Waals surface area contributed by atoms with Crippen LogP contribution in [0.5, 0.6) is 0 Å². The topological polar surface area (TPSA) is 126 Å². The summed E-state index contributed by atoms with van der Waals surface area (Å²) in [4.78, 5) is 18.6. The van der Waals surface area contributed by atoms with Crippen LogP contribution in [0, 0.1) is 11.3 Å². The molecule has 1 rings (SSSR count). The molecular weight excluding hydrogens is 274 g/mol. The van der Waals surface area contributed by atoms with Crippen LogP contribution in [0.2, 0.25) is 0 Å². The molecule has 0 radical (unpaired) electrons. The number of aliphatic carboxylic acids is 1. The van der Waals surface area contributed by atoms with Gasteiger partial charge >= 0.3 is 0 Å². The molecule has 5 N–H and O–H groups in total. The Morgan fingerprint density at radius 3 is 2.10 bits per heavy atom. The van der Waals surface area contributed by atoms with Crippen LogP contribution < -0.4 is 11.1 Å². The minimum Gasteiger partial charge on any atom is -0.481 e. The molecular formula is C14H29N3O4. The summed E-state index contributed by atoms with van der Waals surface area (Å²) in [6.45, 7) is 9.19. The summed E-state index contributed by atoms with van der Waals surface area (Å²) < 4.78 is 4.55. The molecule has 0 aliphatic carbocycles. The van der Waals surface area contributed by atoms with Gasteiger partial charge in [0.1, 0.15) is 5.60 Å². The normalized spacial score (nSPS) is 14.7. The number of piperidine rings is 1. The zero-order chi connectivity index (χ0) is 16.9. The van der Waals surface area contributed by atoms with Crippen molar-refractivity contribution in [3.05, 3.63) is 0 Å². The van der Waals surface area contributed by atoms with Crippen molar-refractivity contribution in [1.82, 2.24) is 5.32 Å². The van der Waals surface area contributed by atoms with Crippen LogP contribution in [-0.4, -0.2) is 42.1 Å². The van der Waals surface area contributed by atoms with E-state index in [1.807, 2.05) is 20.8 Å². The largest absolute Gasteiger partial charge is 0.481 e. The van der Waals surface area contributed by atoms with E-state index in [1.54, 1.807) is 0 Å². The van der Waals surface area contributed by atoms with Gasteiger partial charge in [-0.1, -0.05) is 0 Å². The molecule has 1 fully saturated rings. The van der Waals surface area contributed by atoms with Gasteiger partial charge in [0.05, 0.1) is 5.84 Å². The summed E-state index contributed by atoms with van der Waals surface area (Å²) in [6, 6.07) is 0. The molecule has 1 aliphatic rings. The van der Waals surface area contributed by atoms with Gasteiger partial charge in [-0.25, -0.2) is 0 Å². The van der Waals surface area contributed by atoms with Crippen molar-refractivity contribution < 1.29 is 19.4 Å². The first kappa shape index (κ1) is 21.7. The Morgan fingerprint density at radius 2 is 1.86 bits per heavy atom. The van der Waals surface area contributed by atoms with Gasteiger partial charge in [-0.3, -0.25) is 15.0 Å². The second-order valence-corrected chi connectivity index (χ2v) is 5.77. The van der Waals surface area contributed by atoms with Gasteiger partial charge in [0.15, 0.2) is 0 Å². The minimum atomic E-state index is -0.833. The minimum absolute atomic E-state index is 0.318. The van der Waals surface area contributed by atoms with Crippen molar-refractivity contribution >= 4 is 18.3 Å². The lowest BCUT2D eigenvalue weighted by Crippen LogP contribution is -2.30. The van der Waals surface area contributed by atoms with Crippen molar-refractivity contribution in [2.24, 2.45) is 11.7 Å². The van der Waals surface area contributed by atoms with E-state index < -0.39 is 5.97 Å². The molecule has 1 saturated heterocycles. The smallest absolute Gasteiger partial charge is 0.300 e.